The van der Waals surface area contributed by atoms with Crippen LogP contribution < -0.4 is 10.5 Å². The Labute approximate surface area is 118 Å². The number of anilines is 1. The first-order chi connectivity index (χ1) is 9.09. The summed E-state index contributed by atoms with van der Waals surface area (Å²) in [6.07, 6.45) is 1.40. The maximum Gasteiger partial charge on any atom is 0.289 e. The molecule has 0 aliphatic heterocycles. The number of hydrogen-bond donors (Lipinski definition) is 2. The molecule has 8 heteroatoms. The van der Waals surface area contributed by atoms with Gasteiger partial charge in [-0.05, 0) is 32.4 Å². The molecule has 0 saturated carbocycles. The molecule has 7 nitrogen and oxygen atoms in total. The zero-order valence-corrected chi connectivity index (χ0v) is 12.5. The maximum atomic E-state index is 12.3. The second kappa shape index (κ2) is 5.76. The Kier molecular flexibility index (Phi) is 4.72. The number of benzene rings is 1. The minimum absolute atomic E-state index is 0.157. The first kappa shape index (κ1) is 16.4. The summed E-state index contributed by atoms with van der Waals surface area (Å²) in [5.74, 6) is 0. The lowest BCUT2D eigenvalue weighted by Crippen LogP contribution is -2.43. The van der Waals surface area contributed by atoms with Crippen molar-refractivity contribution in [3.05, 3.63) is 28.3 Å². The van der Waals surface area contributed by atoms with Crippen LogP contribution in [0.4, 0.5) is 11.4 Å². The molecule has 112 valence electrons. The molecule has 0 aromatic heterocycles. The van der Waals surface area contributed by atoms with Crippen LogP contribution in [0, 0.1) is 10.1 Å². The lowest BCUT2D eigenvalue weighted by Gasteiger charge is -2.25. The van der Waals surface area contributed by atoms with E-state index in [1.165, 1.54) is 6.07 Å². The summed E-state index contributed by atoms with van der Waals surface area (Å²) < 4.78 is 27.1. The molecule has 1 rings (SSSR count). The monoisotopic (exact) mass is 301 g/mol. The van der Waals surface area contributed by atoms with Crippen molar-refractivity contribution >= 4 is 21.4 Å². The molecule has 0 heterocycles. The molecule has 1 aromatic carbocycles. The molecule has 1 aromatic rings. The van der Waals surface area contributed by atoms with Crippen LogP contribution >= 0.6 is 0 Å². The quantitative estimate of drug-likeness (QED) is 0.474. The van der Waals surface area contributed by atoms with Gasteiger partial charge in [0.25, 0.3) is 5.69 Å². The Hall–Kier alpha value is -1.67. The molecular weight excluding hydrogens is 282 g/mol. The van der Waals surface area contributed by atoms with Gasteiger partial charge in [0, 0.05) is 17.3 Å². The largest absolute Gasteiger partial charge is 0.399 e. The maximum absolute atomic E-state index is 12.3. The van der Waals surface area contributed by atoms with E-state index in [-0.39, 0.29) is 5.69 Å². The minimum atomic E-state index is -4.01. The van der Waals surface area contributed by atoms with Crippen molar-refractivity contribution in [2.45, 2.75) is 44.0 Å². The van der Waals surface area contributed by atoms with Gasteiger partial charge in [0.15, 0.2) is 4.90 Å². The highest BCUT2D eigenvalue weighted by Gasteiger charge is 2.31. The summed E-state index contributed by atoms with van der Waals surface area (Å²) in [5, 5.41) is 10.9. The highest BCUT2D eigenvalue weighted by Crippen LogP contribution is 2.27. The van der Waals surface area contributed by atoms with Gasteiger partial charge in [-0.3, -0.25) is 10.1 Å². The zero-order valence-electron chi connectivity index (χ0n) is 11.7. The van der Waals surface area contributed by atoms with Crippen LogP contribution in [0.2, 0.25) is 0 Å². The molecule has 0 fully saturated rings. The minimum Gasteiger partial charge on any atom is -0.399 e. The number of nitrogens with two attached hydrogens (primary N) is 1. The van der Waals surface area contributed by atoms with Gasteiger partial charge < -0.3 is 5.73 Å². The average Bonchev–Trinajstić information content (AvgIpc) is 2.26. The van der Waals surface area contributed by atoms with Crippen LogP contribution in [-0.2, 0) is 10.0 Å². The highest BCUT2D eigenvalue weighted by molar-refractivity contribution is 7.89. The van der Waals surface area contributed by atoms with Crippen LogP contribution in [0.25, 0.3) is 0 Å². The van der Waals surface area contributed by atoms with E-state index in [0.29, 0.717) is 6.42 Å². The summed E-state index contributed by atoms with van der Waals surface area (Å²) in [6, 6.07) is 3.49. The van der Waals surface area contributed by atoms with Crippen molar-refractivity contribution in [1.82, 2.24) is 4.72 Å². The van der Waals surface area contributed by atoms with Crippen molar-refractivity contribution in [3.63, 3.8) is 0 Å². The van der Waals surface area contributed by atoms with Gasteiger partial charge in [0.2, 0.25) is 10.0 Å². The van der Waals surface area contributed by atoms with Gasteiger partial charge >= 0.3 is 0 Å². The van der Waals surface area contributed by atoms with Gasteiger partial charge in [-0.25, -0.2) is 13.1 Å². The van der Waals surface area contributed by atoms with Crippen LogP contribution in [0.5, 0.6) is 0 Å². The molecule has 0 atom stereocenters. The van der Waals surface area contributed by atoms with Gasteiger partial charge in [-0.15, -0.1) is 0 Å². The van der Waals surface area contributed by atoms with Gasteiger partial charge in [0.05, 0.1) is 4.92 Å². The van der Waals surface area contributed by atoms with Gasteiger partial charge in [-0.1, -0.05) is 13.3 Å². The van der Waals surface area contributed by atoms with E-state index in [4.69, 9.17) is 5.73 Å². The molecule has 0 aliphatic carbocycles. The Morgan fingerprint density at radius 1 is 1.40 bits per heavy atom. The number of nitro groups is 1. The lowest BCUT2D eigenvalue weighted by molar-refractivity contribution is -0.387. The smallest absolute Gasteiger partial charge is 0.289 e. The van der Waals surface area contributed by atoms with Crippen LogP contribution in [-0.4, -0.2) is 18.9 Å². The molecular formula is C12H19N3O4S. The summed E-state index contributed by atoms with van der Waals surface area (Å²) in [7, 11) is -4.01. The molecule has 0 bridgehead atoms. The standard InChI is InChI=1S/C12H19N3O4S/c1-4-7-12(2,3)14-20(18,19)11-8-9(13)5-6-10(11)15(16)17/h5-6,8,14H,4,7,13H2,1-3H3. The Balaban J connectivity index is 3.28. The molecule has 3 N–H and O–H groups in total. The highest BCUT2D eigenvalue weighted by atomic mass is 32.2. The summed E-state index contributed by atoms with van der Waals surface area (Å²) in [5.41, 5.74) is 4.51. The van der Waals surface area contributed by atoms with Gasteiger partial charge in [0.1, 0.15) is 0 Å². The number of nitrogens with one attached hydrogen (secondary N) is 1. The van der Waals surface area contributed by atoms with Crippen LogP contribution in [0.15, 0.2) is 23.1 Å². The third-order valence-corrected chi connectivity index (χ3v) is 4.48. The lowest BCUT2D eigenvalue weighted by atomic mass is 10.0. The molecule has 0 radical (unpaired) electrons. The first-order valence-corrected chi connectivity index (χ1v) is 7.65. The number of nitro benzene ring substituents is 1. The Morgan fingerprint density at radius 2 is 2.00 bits per heavy atom. The van der Waals surface area contributed by atoms with Crippen LogP contribution in [0.1, 0.15) is 33.6 Å². The van der Waals surface area contributed by atoms with Crippen molar-refractivity contribution in [2.24, 2.45) is 0 Å². The molecule has 0 amide bonds. The summed E-state index contributed by atoms with van der Waals surface area (Å²) >= 11 is 0. The second-order valence-electron chi connectivity index (χ2n) is 5.22. The van der Waals surface area contributed by atoms with Gasteiger partial charge in [-0.2, -0.15) is 0 Å². The Bertz CT molecular complexity index is 611. The fourth-order valence-corrected chi connectivity index (χ4v) is 3.64. The second-order valence-corrected chi connectivity index (χ2v) is 6.87. The normalized spacial score (nSPS) is 12.3. The van der Waals surface area contributed by atoms with E-state index in [1.54, 1.807) is 13.8 Å². The zero-order chi connectivity index (χ0) is 15.6. The Morgan fingerprint density at radius 3 is 2.50 bits per heavy atom. The third-order valence-electron chi connectivity index (χ3n) is 2.76. The third kappa shape index (κ3) is 3.91. The SMILES string of the molecule is CCCC(C)(C)NS(=O)(=O)c1cc(N)ccc1[N+](=O)[O-]. The molecule has 0 aliphatic rings. The fourth-order valence-electron chi connectivity index (χ4n) is 1.99. The molecule has 0 unspecified atom stereocenters. The number of rotatable bonds is 6. The van der Waals surface area contributed by atoms with Crippen LogP contribution in [0.3, 0.4) is 0 Å². The van der Waals surface area contributed by atoms with E-state index >= 15 is 0 Å². The number of hydrogen-bond acceptors (Lipinski definition) is 5. The topological polar surface area (TPSA) is 115 Å². The summed E-state index contributed by atoms with van der Waals surface area (Å²) in [6.45, 7) is 5.39. The number of sulfonamides is 1. The van der Waals surface area contributed by atoms with E-state index in [2.05, 4.69) is 4.72 Å². The average molecular weight is 301 g/mol. The predicted octanol–water partition coefficient (Wildman–Crippen LogP) is 2.03. The van der Waals surface area contributed by atoms with E-state index in [0.717, 1.165) is 18.6 Å². The molecule has 0 saturated heterocycles. The van der Waals surface area contributed by atoms with Crippen molar-refractivity contribution in [3.8, 4) is 0 Å². The molecule has 20 heavy (non-hydrogen) atoms. The van der Waals surface area contributed by atoms with Crippen molar-refractivity contribution in [2.75, 3.05) is 5.73 Å². The summed E-state index contributed by atoms with van der Waals surface area (Å²) in [4.78, 5) is 9.80. The van der Waals surface area contributed by atoms with E-state index in [1.807, 2.05) is 6.92 Å². The van der Waals surface area contributed by atoms with Crippen molar-refractivity contribution < 1.29 is 13.3 Å². The predicted molar refractivity (Wildman–Crippen MR) is 76.8 cm³/mol. The number of nitrogen functional groups attached to an aromatic ring is 1. The first-order valence-electron chi connectivity index (χ1n) is 6.17. The van der Waals surface area contributed by atoms with E-state index in [9.17, 15) is 18.5 Å². The molecule has 0 spiro atoms. The number of nitrogens with zero attached hydrogens (tertiary/aromatic N) is 1. The van der Waals surface area contributed by atoms with E-state index < -0.39 is 31.1 Å². The fraction of sp³-hybridized carbons (Fsp3) is 0.500. The van der Waals surface area contributed by atoms with Crippen molar-refractivity contribution in [1.29, 1.82) is 0 Å².